The average molecular weight is 276 g/mol. The van der Waals surface area contributed by atoms with Crippen molar-refractivity contribution >= 4 is 17.7 Å². The van der Waals surface area contributed by atoms with Gasteiger partial charge in [0.15, 0.2) is 5.78 Å². The molecule has 1 aromatic rings. The molecule has 1 fully saturated rings. The number of carboxylic acid groups (broad SMARTS) is 2. The van der Waals surface area contributed by atoms with Crippen molar-refractivity contribution in [3.05, 3.63) is 35.4 Å². The molecule has 0 aliphatic heterocycles. The van der Waals surface area contributed by atoms with E-state index in [0.29, 0.717) is 18.4 Å². The second-order valence-electron chi connectivity index (χ2n) is 5.08. The van der Waals surface area contributed by atoms with Crippen molar-refractivity contribution in [2.75, 3.05) is 0 Å². The minimum absolute atomic E-state index is 0.111. The minimum Gasteiger partial charge on any atom is -0.481 e. The Morgan fingerprint density at radius 3 is 1.85 bits per heavy atom. The van der Waals surface area contributed by atoms with E-state index < -0.39 is 23.8 Å². The van der Waals surface area contributed by atoms with Gasteiger partial charge in [-0.15, -0.1) is 0 Å². The van der Waals surface area contributed by atoms with Crippen LogP contribution in [0.2, 0.25) is 0 Å². The molecule has 2 atom stereocenters. The monoisotopic (exact) mass is 276 g/mol. The zero-order chi connectivity index (χ0) is 14.7. The van der Waals surface area contributed by atoms with Crippen molar-refractivity contribution in [2.45, 2.75) is 25.7 Å². The van der Waals surface area contributed by atoms with E-state index in [2.05, 4.69) is 0 Å². The van der Waals surface area contributed by atoms with Crippen LogP contribution in [0.3, 0.4) is 0 Å². The summed E-state index contributed by atoms with van der Waals surface area (Å²) in [5.74, 6) is -3.31. The van der Waals surface area contributed by atoms with Gasteiger partial charge in [0.25, 0.3) is 0 Å². The third kappa shape index (κ3) is 2.87. The van der Waals surface area contributed by atoms with Gasteiger partial charge in [-0.25, -0.2) is 4.79 Å². The second-order valence-corrected chi connectivity index (χ2v) is 5.08. The molecule has 5 heteroatoms. The van der Waals surface area contributed by atoms with Gasteiger partial charge < -0.3 is 10.2 Å². The van der Waals surface area contributed by atoms with Crippen LogP contribution in [0.4, 0.5) is 0 Å². The molecule has 1 aromatic carbocycles. The highest BCUT2D eigenvalue weighted by Gasteiger charge is 2.35. The summed E-state index contributed by atoms with van der Waals surface area (Å²) in [7, 11) is 0. The van der Waals surface area contributed by atoms with Crippen LogP contribution >= 0.6 is 0 Å². The van der Waals surface area contributed by atoms with E-state index in [4.69, 9.17) is 5.11 Å². The first-order valence-electron chi connectivity index (χ1n) is 6.61. The average Bonchev–Trinajstić information content (AvgIpc) is 2.46. The largest absolute Gasteiger partial charge is 0.481 e. The Balaban J connectivity index is 2.20. The van der Waals surface area contributed by atoms with Gasteiger partial charge in [-0.05, 0) is 25.0 Å². The molecular formula is C15H16O5. The lowest BCUT2D eigenvalue weighted by Gasteiger charge is -2.27. The van der Waals surface area contributed by atoms with Gasteiger partial charge in [0.05, 0.1) is 11.5 Å². The number of carbonyl (C=O) groups is 3. The van der Waals surface area contributed by atoms with E-state index in [0.717, 1.165) is 12.8 Å². The molecule has 2 unspecified atom stereocenters. The van der Waals surface area contributed by atoms with E-state index >= 15 is 0 Å². The molecule has 0 radical (unpaired) electrons. The summed E-state index contributed by atoms with van der Waals surface area (Å²) in [5, 5.41) is 18.0. The molecule has 0 saturated heterocycles. The second kappa shape index (κ2) is 5.86. The van der Waals surface area contributed by atoms with E-state index in [1.54, 1.807) is 0 Å². The molecule has 0 aromatic heterocycles. The number of aromatic carboxylic acids is 1. The lowest BCUT2D eigenvalue weighted by atomic mass is 9.75. The maximum Gasteiger partial charge on any atom is 0.335 e. The molecule has 0 bridgehead atoms. The van der Waals surface area contributed by atoms with Crippen LogP contribution < -0.4 is 0 Å². The van der Waals surface area contributed by atoms with Gasteiger partial charge in [-0.2, -0.15) is 0 Å². The number of aliphatic carboxylic acids is 1. The van der Waals surface area contributed by atoms with E-state index in [9.17, 15) is 19.5 Å². The summed E-state index contributed by atoms with van der Waals surface area (Å²) >= 11 is 0. The van der Waals surface area contributed by atoms with Crippen molar-refractivity contribution in [2.24, 2.45) is 11.8 Å². The number of rotatable bonds is 4. The zero-order valence-electron chi connectivity index (χ0n) is 10.9. The van der Waals surface area contributed by atoms with Crippen molar-refractivity contribution in [3.63, 3.8) is 0 Å². The molecule has 2 rings (SSSR count). The summed E-state index contributed by atoms with van der Waals surface area (Å²) in [6.07, 6.45) is 2.79. The summed E-state index contributed by atoms with van der Waals surface area (Å²) in [6.45, 7) is 0. The van der Waals surface area contributed by atoms with Crippen molar-refractivity contribution in [1.82, 2.24) is 0 Å². The Morgan fingerprint density at radius 1 is 0.850 bits per heavy atom. The first kappa shape index (κ1) is 14.2. The summed E-state index contributed by atoms with van der Waals surface area (Å²) in [5.41, 5.74) is 0.494. The first-order chi connectivity index (χ1) is 9.50. The number of carbonyl (C=O) groups excluding carboxylic acids is 1. The third-order valence-corrected chi connectivity index (χ3v) is 3.84. The van der Waals surface area contributed by atoms with Crippen LogP contribution in [0.1, 0.15) is 46.4 Å². The summed E-state index contributed by atoms with van der Waals surface area (Å²) in [6, 6.07) is 5.65. The van der Waals surface area contributed by atoms with Crippen LogP contribution in [-0.4, -0.2) is 27.9 Å². The molecule has 20 heavy (non-hydrogen) atoms. The van der Waals surface area contributed by atoms with Crippen LogP contribution in [0, 0.1) is 11.8 Å². The predicted molar refractivity (Wildman–Crippen MR) is 70.8 cm³/mol. The number of hydrogen-bond acceptors (Lipinski definition) is 3. The van der Waals surface area contributed by atoms with Crippen molar-refractivity contribution < 1.29 is 24.6 Å². The Kier molecular flexibility index (Phi) is 4.17. The maximum absolute atomic E-state index is 12.4. The van der Waals surface area contributed by atoms with Gasteiger partial charge >= 0.3 is 11.9 Å². The van der Waals surface area contributed by atoms with Crippen molar-refractivity contribution in [1.29, 1.82) is 0 Å². The predicted octanol–water partition coefficient (Wildman–Crippen LogP) is 2.46. The minimum atomic E-state index is -1.05. The highest BCUT2D eigenvalue weighted by atomic mass is 16.4. The zero-order valence-corrected chi connectivity index (χ0v) is 10.9. The van der Waals surface area contributed by atoms with E-state index in [1.165, 1.54) is 24.3 Å². The summed E-state index contributed by atoms with van der Waals surface area (Å²) < 4.78 is 0. The molecule has 2 N–H and O–H groups in total. The molecule has 1 aliphatic rings. The number of hydrogen-bond donors (Lipinski definition) is 2. The Labute approximate surface area is 116 Å². The highest BCUT2D eigenvalue weighted by molar-refractivity contribution is 6.00. The smallest absolute Gasteiger partial charge is 0.335 e. The molecule has 0 heterocycles. The van der Waals surface area contributed by atoms with Gasteiger partial charge in [0.2, 0.25) is 0 Å². The summed E-state index contributed by atoms with van der Waals surface area (Å²) in [4.78, 5) is 34.4. The molecule has 0 amide bonds. The standard InChI is InChI=1S/C15H16O5/c16-13(9-5-7-10(8-6-9)14(17)18)11-3-1-2-4-12(11)15(19)20/h5-8,11-12H,1-4H2,(H,17,18)(H,19,20). The Hall–Kier alpha value is -2.17. The highest BCUT2D eigenvalue weighted by Crippen LogP contribution is 2.32. The number of carboxylic acids is 2. The van der Waals surface area contributed by atoms with Gasteiger partial charge in [0, 0.05) is 11.5 Å². The van der Waals surface area contributed by atoms with E-state index in [1.807, 2.05) is 0 Å². The fraction of sp³-hybridized carbons (Fsp3) is 0.400. The van der Waals surface area contributed by atoms with Crippen LogP contribution in [0.25, 0.3) is 0 Å². The SMILES string of the molecule is O=C(O)c1ccc(C(=O)C2CCCCC2C(=O)O)cc1. The lowest BCUT2D eigenvalue weighted by Crippen LogP contribution is -2.32. The lowest BCUT2D eigenvalue weighted by molar-refractivity contribution is -0.144. The quantitative estimate of drug-likeness (QED) is 0.824. The first-order valence-corrected chi connectivity index (χ1v) is 6.61. The van der Waals surface area contributed by atoms with Gasteiger partial charge in [0.1, 0.15) is 0 Å². The fourth-order valence-electron chi connectivity index (χ4n) is 2.73. The fourth-order valence-corrected chi connectivity index (χ4v) is 2.73. The van der Waals surface area contributed by atoms with Gasteiger partial charge in [-0.1, -0.05) is 25.0 Å². The Morgan fingerprint density at radius 2 is 1.35 bits per heavy atom. The van der Waals surface area contributed by atoms with Crippen LogP contribution in [0.15, 0.2) is 24.3 Å². The number of Topliss-reactive ketones (excluding diaryl/α,β-unsaturated/α-hetero) is 1. The van der Waals surface area contributed by atoms with Crippen LogP contribution in [0.5, 0.6) is 0 Å². The van der Waals surface area contributed by atoms with Gasteiger partial charge in [-0.3, -0.25) is 9.59 Å². The molecule has 1 saturated carbocycles. The van der Waals surface area contributed by atoms with Crippen molar-refractivity contribution in [3.8, 4) is 0 Å². The molecule has 106 valence electrons. The normalized spacial score (nSPS) is 22.2. The molecule has 0 spiro atoms. The Bertz CT molecular complexity index is 532. The topological polar surface area (TPSA) is 91.7 Å². The molecule has 1 aliphatic carbocycles. The number of ketones is 1. The maximum atomic E-state index is 12.4. The molecule has 5 nitrogen and oxygen atoms in total. The number of benzene rings is 1. The van der Waals surface area contributed by atoms with E-state index in [-0.39, 0.29) is 11.3 Å². The van der Waals surface area contributed by atoms with Crippen LogP contribution in [-0.2, 0) is 4.79 Å². The molecular weight excluding hydrogens is 260 g/mol. The third-order valence-electron chi connectivity index (χ3n) is 3.84.